The van der Waals surface area contributed by atoms with Crippen LogP contribution in [0.5, 0.6) is 0 Å². The number of hydrogen-bond donors (Lipinski definition) is 1. The van der Waals surface area contributed by atoms with Gasteiger partial charge in [-0.15, -0.1) is 5.10 Å². The standard InChI is InChI=1S/C17H24N4OS/c1-23-12-10-14-19-17(16(22)13-7-3-2-4-8-13)21(20-14)15-9-5-6-11-18-15/h5-6,9,11,13,16,22H,2-4,7-8,10,12H2,1H3/t16-/m1/s1. The lowest BCUT2D eigenvalue weighted by atomic mass is 9.85. The summed E-state index contributed by atoms with van der Waals surface area (Å²) in [6.07, 6.45) is 9.86. The summed E-state index contributed by atoms with van der Waals surface area (Å²) in [6.45, 7) is 0. The van der Waals surface area contributed by atoms with Gasteiger partial charge in [0, 0.05) is 18.4 Å². The van der Waals surface area contributed by atoms with Gasteiger partial charge in [0.15, 0.2) is 17.5 Å². The van der Waals surface area contributed by atoms with Crippen LogP contribution in [0.15, 0.2) is 24.4 Å². The number of aliphatic hydroxyl groups is 1. The average Bonchev–Trinajstić information content (AvgIpc) is 3.05. The number of nitrogens with zero attached hydrogens (tertiary/aromatic N) is 4. The number of aromatic nitrogens is 4. The highest BCUT2D eigenvalue weighted by Gasteiger charge is 2.28. The fourth-order valence-corrected chi connectivity index (χ4v) is 3.55. The molecule has 124 valence electrons. The molecule has 0 aromatic carbocycles. The van der Waals surface area contributed by atoms with Crippen molar-refractivity contribution in [2.24, 2.45) is 5.92 Å². The molecule has 1 N–H and O–H groups in total. The van der Waals surface area contributed by atoms with Crippen molar-refractivity contribution < 1.29 is 5.11 Å². The normalized spacial score (nSPS) is 17.3. The maximum Gasteiger partial charge on any atom is 0.163 e. The fourth-order valence-electron chi connectivity index (χ4n) is 3.17. The van der Waals surface area contributed by atoms with E-state index in [0.29, 0.717) is 5.82 Å². The molecule has 1 fully saturated rings. The zero-order chi connectivity index (χ0) is 16.1. The van der Waals surface area contributed by atoms with Crippen LogP contribution in [0, 0.1) is 5.92 Å². The second kappa shape index (κ2) is 7.93. The van der Waals surface area contributed by atoms with Gasteiger partial charge in [0.2, 0.25) is 0 Å². The summed E-state index contributed by atoms with van der Waals surface area (Å²) in [7, 11) is 0. The summed E-state index contributed by atoms with van der Waals surface area (Å²) in [5.41, 5.74) is 0. The smallest absolute Gasteiger partial charge is 0.163 e. The Kier molecular flexibility index (Phi) is 5.67. The lowest BCUT2D eigenvalue weighted by molar-refractivity contribution is 0.0751. The summed E-state index contributed by atoms with van der Waals surface area (Å²) in [4.78, 5) is 9.02. The minimum Gasteiger partial charge on any atom is -0.385 e. The minimum atomic E-state index is -0.562. The highest BCUT2D eigenvalue weighted by molar-refractivity contribution is 7.98. The molecular weight excluding hydrogens is 308 g/mol. The molecule has 2 heterocycles. The fraction of sp³-hybridized carbons (Fsp3) is 0.588. The first kappa shape index (κ1) is 16.5. The molecule has 0 aliphatic heterocycles. The molecular formula is C17H24N4OS. The first-order valence-corrected chi connectivity index (χ1v) is 9.73. The largest absolute Gasteiger partial charge is 0.385 e. The lowest BCUT2D eigenvalue weighted by Gasteiger charge is -2.25. The van der Waals surface area contributed by atoms with Gasteiger partial charge in [-0.3, -0.25) is 0 Å². The van der Waals surface area contributed by atoms with Crippen molar-refractivity contribution in [3.8, 4) is 5.82 Å². The molecule has 3 rings (SSSR count). The highest BCUT2D eigenvalue weighted by atomic mass is 32.2. The van der Waals surface area contributed by atoms with Crippen molar-refractivity contribution >= 4 is 11.8 Å². The summed E-state index contributed by atoms with van der Waals surface area (Å²) >= 11 is 1.78. The Labute approximate surface area is 141 Å². The van der Waals surface area contributed by atoms with Gasteiger partial charge in [-0.05, 0) is 37.1 Å². The SMILES string of the molecule is CSCCc1nc([C@H](O)C2CCCCC2)n(-c2ccccn2)n1. The molecule has 0 amide bonds. The number of rotatable bonds is 6. The molecule has 0 radical (unpaired) electrons. The van der Waals surface area contributed by atoms with Crippen LogP contribution in [-0.2, 0) is 6.42 Å². The summed E-state index contributed by atoms with van der Waals surface area (Å²) in [5, 5.41) is 15.5. The van der Waals surface area contributed by atoms with Gasteiger partial charge < -0.3 is 5.11 Å². The number of aryl methyl sites for hydroxylation is 1. The predicted molar refractivity (Wildman–Crippen MR) is 92.8 cm³/mol. The number of pyridine rings is 1. The molecule has 0 spiro atoms. The van der Waals surface area contributed by atoms with E-state index in [1.807, 2.05) is 18.2 Å². The van der Waals surface area contributed by atoms with E-state index in [4.69, 9.17) is 0 Å². The summed E-state index contributed by atoms with van der Waals surface area (Å²) in [6, 6.07) is 5.72. The third-order valence-corrected chi connectivity index (χ3v) is 5.05. The van der Waals surface area contributed by atoms with Crippen molar-refractivity contribution in [2.75, 3.05) is 12.0 Å². The second-order valence-corrected chi connectivity index (χ2v) is 7.06. The zero-order valence-electron chi connectivity index (χ0n) is 13.6. The van der Waals surface area contributed by atoms with Gasteiger partial charge in [-0.1, -0.05) is 25.3 Å². The number of hydrogen-bond acceptors (Lipinski definition) is 5. The van der Waals surface area contributed by atoms with E-state index in [2.05, 4.69) is 21.3 Å². The Balaban J connectivity index is 1.91. The first-order chi connectivity index (χ1) is 11.3. The van der Waals surface area contributed by atoms with E-state index in [1.165, 1.54) is 19.3 Å². The maximum absolute atomic E-state index is 10.9. The molecule has 6 heteroatoms. The quantitative estimate of drug-likeness (QED) is 0.880. The van der Waals surface area contributed by atoms with Gasteiger partial charge in [0.25, 0.3) is 0 Å². The Morgan fingerprint density at radius 1 is 1.30 bits per heavy atom. The molecule has 5 nitrogen and oxygen atoms in total. The molecule has 23 heavy (non-hydrogen) atoms. The maximum atomic E-state index is 10.9. The molecule has 0 saturated heterocycles. The molecule has 2 aromatic rings. The van der Waals surface area contributed by atoms with Crippen molar-refractivity contribution in [2.45, 2.75) is 44.6 Å². The van der Waals surface area contributed by atoms with Gasteiger partial charge in [0.1, 0.15) is 6.10 Å². The Bertz CT molecular complexity index is 610. The Morgan fingerprint density at radius 3 is 2.83 bits per heavy atom. The molecule has 0 unspecified atom stereocenters. The van der Waals surface area contributed by atoms with E-state index in [0.717, 1.165) is 36.7 Å². The zero-order valence-corrected chi connectivity index (χ0v) is 14.4. The summed E-state index contributed by atoms with van der Waals surface area (Å²) in [5.74, 6) is 3.41. The van der Waals surface area contributed by atoms with Crippen LogP contribution in [0.25, 0.3) is 5.82 Å². The van der Waals surface area contributed by atoms with Crippen molar-refractivity contribution in [1.29, 1.82) is 0 Å². The van der Waals surface area contributed by atoms with E-state index in [-0.39, 0.29) is 5.92 Å². The van der Waals surface area contributed by atoms with Crippen LogP contribution in [0.1, 0.15) is 49.9 Å². The third kappa shape index (κ3) is 3.93. The molecule has 2 aromatic heterocycles. The van der Waals surface area contributed by atoms with Crippen LogP contribution in [0.4, 0.5) is 0 Å². The highest BCUT2D eigenvalue weighted by Crippen LogP contribution is 2.34. The average molecular weight is 332 g/mol. The van der Waals surface area contributed by atoms with Gasteiger partial charge in [-0.25, -0.2) is 9.97 Å². The molecule has 1 atom stereocenters. The monoisotopic (exact) mass is 332 g/mol. The van der Waals surface area contributed by atoms with Crippen molar-refractivity contribution in [3.63, 3.8) is 0 Å². The molecule has 1 aliphatic carbocycles. The van der Waals surface area contributed by atoms with Crippen molar-refractivity contribution in [3.05, 3.63) is 36.0 Å². The van der Waals surface area contributed by atoms with Gasteiger partial charge >= 0.3 is 0 Å². The van der Waals surface area contributed by atoms with Crippen LogP contribution in [0.2, 0.25) is 0 Å². The van der Waals surface area contributed by atoms with Crippen LogP contribution < -0.4 is 0 Å². The predicted octanol–water partition coefficient (Wildman–Crippen LogP) is 3.18. The first-order valence-electron chi connectivity index (χ1n) is 8.34. The molecule has 1 saturated carbocycles. The van der Waals surface area contributed by atoms with E-state index in [9.17, 15) is 5.11 Å². The van der Waals surface area contributed by atoms with Crippen molar-refractivity contribution in [1.82, 2.24) is 19.7 Å². The van der Waals surface area contributed by atoms with Crippen LogP contribution >= 0.6 is 11.8 Å². The summed E-state index contributed by atoms with van der Waals surface area (Å²) < 4.78 is 1.73. The van der Waals surface area contributed by atoms with E-state index < -0.39 is 6.10 Å². The minimum absolute atomic E-state index is 0.281. The number of thioether (sulfide) groups is 1. The van der Waals surface area contributed by atoms with E-state index >= 15 is 0 Å². The Hall–Kier alpha value is -1.40. The lowest BCUT2D eigenvalue weighted by Crippen LogP contribution is -2.20. The van der Waals surface area contributed by atoms with Gasteiger partial charge in [0.05, 0.1) is 0 Å². The van der Waals surface area contributed by atoms with E-state index in [1.54, 1.807) is 22.6 Å². The van der Waals surface area contributed by atoms with Crippen LogP contribution in [-0.4, -0.2) is 36.9 Å². The Morgan fingerprint density at radius 2 is 2.13 bits per heavy atom. The topological polar surface area (TPSA) is 63.8 Å². The number of aliphatic hydroxyl groups excluding tert-OH is 1. The molecule has 1 aliphatic rings. The van der Waals surface area contributed by atoms with Crippen LogP contribution in [0.3, 0.4) is 0 Å². The second-order valence-electron chi connectivity index (χ2n) is 6.07. The molecule has 0 bridgehead atoms. The van der Waals surface area contributed by atoms with Gasteiger partial charge in [-0.2, -0.15) is 16.4 Å². The third-order valence-electron chi connectivity index (χ3n) is 4.43.